The van der Waals surface area contributed by atoms with Crippen LogP contribution in [0.15, 0.2) is 41.3 Å². The van der Waals surface area contributed by atoms with Gasteiger partial charge in [0, 0.05) is 31.6 Å². The molecule has 0 aromatic heterocycles. The van der Waals surface area contributed by atoms with Gasteiger partial charge in [0.05, 0.1) is 10.1 Å². The molecule has 0 bridgehead atoms. The first-order valence-electron chi connectivity index (χ1n) is 13.9. The van der Waals surface area contributed by atoms with Gasteiger partial charge in [-0.3, -0.25) is 0 Å². The number of ether oxygens (including phenoxy) is 2. The van der Waals surface area contributed by atoms with Crippen LogP contribution in [0.4, 0.5) is 9.59 Å². The van der Waals surface area contributed by atoms with Crippen molar-refractivity contribution >= 4 is 32.8 Å². The van der Waals surface area contributed by atoms with Gasteiger partial charge in [0.1, 0.15) is 11.2 Å². The average molecular weight is 559 g/mol. The molecule has 0 atom stereocenters. The lowest BCUT2D eigenvalue weighted by molar-refractivity contribution is 0.0199. The average Bonchev–Trinajstić information content (AvgIpc) is 2.86. The molecule has 2 aliphatic heterocycles. The van der Waals surface area contributed by atoms with Crippen molar-refractivity contribution < 1.29 is 27.5 Å². The van der Waals surface area contributed by atoms with Crippen LogP contribution in [0, 0.1) is 0 Å². The number of benzene rings is 2. The minimum absolute atomic E-state index is 0.224. The first kappa shape index (κ1) is 29.2. The first-order valence-corrected chi connectivity index (χ1v) is 15.4. The third-order valence-electron chi connectivity index (χ3n) is 7.34. The van der Waals surface area contributed by atoms with Gasteiger partial charge in [-0.2, -0.15) is 0 Å². The van der Waals surface area contributed by atoms with Crippen LogP contribution in [-0.4, -0.2) is 73.0 Å². The van der Waals surface area contributed by atoms with E-state index in [9.17, 15) is 18.0 Å². The van der Waals surface area contributed by atoms with Crippen molar-refractivity contribution in [2.24, 2.45) is 0 Å². The normalized spacial score (nSPS) is 18.3. The molecule has 2 saturated heterocycles. The predicted octanol–water partition coefficient (Wildman–Crippen LogP) is 6.13. The number of hydrogen-bond acceptors (Lipinski definition) is 6. The van der Waals surface area contributed by atoms with Gasteiger partial charge < -0.3 is 19.3 Å². The molecule has 0 aliphatic carbocycles. The number of carbonyl (C=O) groups is 2. The minimum Gasteiger partial charge on any atom is -0.444 e. The smallest absolute Gasteiger partial charge is 0.410 e. The Morgan fingerprint density at radius 3 is 1.67 bits per heavy atom. The molecule has 9 heteroatoms. The van der Waals surface area contributed by atoms with Gasteiger partial charge in [-0.25, -0.2) is 18.0 Å². The van der Waals surface area contributed by atoms with Crippen molar-refractivity contribution in [2.75, 3.05) is 26.2 Å². The fourth-order valence-corrected chi connectivity index (χ4v) is 7.39. The number of fused-ring (bicyclic) bond motifs is 1. The molecule has 2 aromatic carbocycles. The Morgan fingerprint density at radius 1 is 0.718 bits per heavy atom. The van der Waals surface area contributed by atoms with Gasteiger partial charge in [0.15, 0.2) is 9.84 Å². The maximum Gasteiger partial charge on any atom is 0.410 e. The summed E-state index contributed by atoms with van der Waals surface area (Å²) in [7, 11) is -3.61. The number of hydrogen-bond donors (Lipinski definition) is 0. The Kier molecular flexibility index (Phi) is 8.22. The Morgan fingerprint density at radius 2 is 1.18 bits per heavy atom. The maximum absolute atomic E-state index is 13.8. The predicted molar refractivity (Wildman–Crippen MR) is 152 cm³/mol. The van der Waals surface area contributed by atoms with Crippen LogP contribution >= 0.6 is 0 Å². The zero-order valence-corrected chi connectivity index (χ0v) is 24.8. The molecule has 39 heavy (non-hydrogen) atoms. The second-order valence-electron chi connectivity index (χ2n) is 12.7. The number of likely N-dealkylation sites (tertiary alicyclic amines) is 2. The second kappa shape index (κ2) is 11.0. The summed E-state index contributed by atoms with van der Waals surface area (Å²) in [6.45, 7) is 13.0. The van der Waals surface area contributed by atoms with Gasteiger partial charge >= 0.3 is 12.2 Å². The van der Waals surface area contributed by atoms with Crippen LogP contribution < -0.4 is 0 Å². The van der Waals surface area contributed by atoms with Crippen molar-refractivity contribution in [2.45, 2.75) is 94.5 Å². The highest BCUT2D eigenvalue weighted by atomic mass is 32.2. The van der Waals surface area contributed by atoms with E-state index in [2.05, 4.69) is 0 Å². The van der Waals surface area contributed by atoms with Crippen LogP contribution in [0.1, 0.15) is 78.7 Å². The Labute approximate surface area is 232 Å². The van der Waals surface area contributed by atoms with Crippen LogP contribution in [-0.2, 0) is 19.3 Å². The van der Waals surface area contributed by atoms with Crippen molar-refractivity contribution in [3.05, 3.63) is 42.0 Å². The summed E-state index contributed by atoms with van der Waals surface area (Å²) in [5, 5.41) is 1.13. The molecule has 0 N–H and O–H groups in total. The lowest BCUT2D eigenvalue weighted by Crippen LogP contribution is -2.44. The number of amides is 2. The quantitative estimate of drug-likeness (QED) is 0.450. The summed E-state index contributed by atoms with van der Waals surface area (Å²) in [6, 6.07) is 11.4. The lowest BCUT2D eigenvalue weighted by Gasteiger charge is -2.34. The highest BCUT2D eigenvalue weighted by molar-refractivity contribution is 7.92. The fraction of sp³-hybridized carbons (Fsp3) is 0.600. The molecule has 0 spiro atoms. The molecule has 0 unspecified atom stereocenters. The summed E-state index contributed by atoms with van der Waals surface area (Å²) in [6.07, 6.45) is 1.65. The summed E-state index contributed by atoms with van der Waals surface area (Å²) >= 11 is 0. The summed E-state index contributed by atoms with van der Waals surface area (Å²) in [5.74, 6) is 0.224. The van der Waals surface area contributed by atoms with Gasteiger partial charge in [-0.1, -0.05) is 30.3 Å². The molecule has 2 aliphatic rings. The SMILES string of the molecule is CC(C)(C)OC(=O)N1CCC(c2ccc(S(=O)(=O)C3CCN(C(=O)OC(C)(C)C)CC3)c3ccccc23)CC1. The lowest BCUT2D eigenvalue weighted by atomic mass is 9.86. The highest BCUT2D eigenvalue weighted by Gasteiger charge is 2.36. The van der Waals surface area contributed by atoms with E-state index < -0.39 is 32.4 Å². The van der Waals surface area contributed by atoms with Gasteiger partial charge in [-0.15, -0.1) is 0 Å². The molecule has 2 heterocycles. The van der Waals surface area contributed by atoms with Crippen LogP contribution in [0.2, 0.25) is 0 Å². The molecule has 0 radical (unpaired) electrons. The van der Waals surface area contributed by atoms with Crippen molar-refractivity contribution in [3.63, 3.8) is 0 Å². The van der Waals surface area contributed by atoms with Gasteiger partial charge in [0.2, 0.25) is 0 Å². The molecule has 2 aromatic rings. The number of carbonyl (C=O) groups excluding carboxylic acids is 2. The van der Waals surface area contributed by atoms with Crippen LogP contribution in [0.5, 0.6) is 0 Å². The molecule has 8 nitrogen and oxygen atoms in total. The molecular formula is C30H42N2O6S. The third kappa shape index (κ3) is 6.86. The number of piperidine rings is 2. The number of nitrogens with zero attached hydrogens (tertiary/aromatic N) is 2. The maximum atomic E-state index is 13.8. The van der Waals surface area contributed by atoms with E-state index in [-0.39, 0.29) is 12.0 Å². The molecule has 4 rings (SSSR count). The summed E-state index contributed by atoms with van der Waals surface area (Å²) < 4.78 is 38.7. The van der Waals surface area contributed by atoms with Gasteiger partial charge in [0.25, 0.3) is 0 Å². The standard InChI is InChI=1S/C30H42N2O6S/c1-29(2,3)37-27(33)31-17-13-21(14-18-31)23-11-12-26(25-10-8-7-9-24(23)25)39(35,36)22-15-19-32(20-16-22)28(34)38-30(4,5)6/h7-12,21-22H,13-20H2,1-6H3. The molecule has 214 valence electrons. The number of sulfone groups is 1. The van der Waals surface area contributed by atoms with Gasteiger partial charge in [-0.05, 0) is 90.2 Å². The van der Waals surface area contributed by atoms with E-state index >= 15 is 0 Å². The van der Waals surface area contributed by atoms with E-state index in [1.807, 2.05) is 71.9 Å². The molecule has 0 saturated carbocycles. The topological polar surface area (TPSA) is 93.2 Å². The van der Waals surface area contributed by atoms with Crippen LogP contribution in [0.25, 0.3) is 10.8 Å². The van der Waals surface area contributed by atoms with E-state index in [1.54, 1.807) is 15.9 Å². The zero-order valence-electron chi connectivity index (χ0n) is 24.0. The first-order chi connectivity index (χ1) is 18.2. The summed E-state index contributed by atoms with van der Waals surface area (Å²) in [4.78, 5) is 28.7. The van der Waals surface area contributed by atoms with E-state index in [0.29, 0.717) is 43.9 Å². The number of rotatable bonds is 3. The highest BCUT2D eigenvalue weighted by Crippen LogP contribution is 2.38. The van der Waals surface area contributed by atoms with E-state index in [4.69, 9.17) is 9.47 Å². The van der Waals surface area contributed by atoms with Crippen molar-refractivity contribution in [1.29, 1.82) is 0 Å². The molecule has 2 fully saturated rings. The summed E-state index contributed by atoms with van der Waals surface area (Å²) in [5.41, 5.74) is -0.00157. The Bertz CT molecular complexity index is 1310. The largest absolute Gasteiger partial charge is 0.444 e. The fourth-order valence-electron chi connectivity index (χ4n) is 5.45. The van der Waals surface area contributed by atoms with Crippen molar-refractivity contribution in [3.8, 4) is 0 Å². The molecule has 2 amide bonds. The Hall–Kier alpha value is -2.81. The van der Waals surface area contributed by atoms with E-state index in [1.165, 1.54) is 0 Å². The Balaban J connectivity index is 1.50. The van der Waals surface area contributed by atoms with Crippen LogP contribution in [0.3, 0.4) is 0 Å². The second-order valence-corrected chi connectivity index (χ2v) is 14.8. The van der Waals surface area contributed by atoms with Crippen molar-refractivity contribution in [1.82, 2.24) is 9.80 Å². The molecular weight excluding hydrogens is 516 g/mol. The third-order valence-corrected chi connectivity index (χ3v) is 9.66. The van der Waals surface area contributed by atoms with E-state index in [0.717, 1.165) is 29.2 Å². The minimum atomic E-state index is -3.61. The monoisotopic (exact) mass is 558 g/mol. The zero-order chi connectivity index (χ0) is 28.6.